The second-order valence-electron chi connectivity index (χ2n) is 5.04. The Morgan fingerprint density at radius 3 is 2.67 bits per heavy atom. The molecule has 0 spiro atoms. The molecule has 1 aliphatic carbocycles. The highest BCUT2D eigenvalue weighted by molar-refractivity contribution is 5.21. The van der Waals surface area contributed by atoms with Gasteiger partial charge in [-0.05, 0) is 39.7 Å². The Morgan fingerprint density at radius 1 is 1.11 bits per heavy atom. The van der Waals surface area contributed by atoms with Crippen LogP contribution in [0.1, 0.15) is 56.0 Å². The van der Waals surface area contributed by atoms with E-state index < -0.39 is 0 Å². The fourth-order valence-electron chi connectivity index (χ4n) is 2.55. The standard InChI is InChI=1S/C15H23N3/c1-12-10-18-14(11-17-12)15(16-2)13-8-6-4-3-5-7-9-13/h8,10-11,15-16H,3-7,9H2,1-2H3. The molecule has 0 bridgehead atoms. The van der Waals surface area contributed by atoms with Crippen molar-refractivity contribution in [3.8, 4) is 0 Å². The second kappa shape index (κ2) is 6.64. The number of hydrogen-bond acceptors (Lipinski definition) is 3. The van der Waals surface area contributed by atoms with Gasteiger partial charge in [-0.3, -0.25) is 9.97 Å². The number of nitrogens with one attached hydrogen (secondary N) is 1. The van der Waals surface area contributed by atoms with Crippen molar-refractivity contribution in [2.75, 3.05) is 7.05 Å². The highest BCUT2D eigenvalue weighted by atomic mass is 14.9. The van der Waals surface area contributed by atoms with Crippen molar-refractivity contribution in [2.24, 2.45) is 0 Å². The van der Waals surface area contributed by atoms with Crippen molar-refractivity contribution < 1.29 is 0 Å². The minimum atomic E-state index is 0.233. The summed E-state index contributed by atoms with van der Waals surface area (Å²) in [5.41, 5.74) is 3.49. The predicted molar refractivity (Wildman–Crippen MR) is 74.4 cm³/mol. The lowest BCUT2D eigenvalue weighted by Crippen LogP contribution is -2.20. The van der Waals surface area contributed by atoms with Gasteiger partial charge in [-0.2, -0.15) is 0 Å². The van der Waals surface area contributed by atoms with Crippen LogP contribution in [0.5, 0.6) is 0 Å². The van der Waals surface area contributed by atoms with E-state index in [0.29, 0.717) is 0 Å². The Balaban J connectivity index is 2.18. The zero-order valence-corrected chi connectivity index (χ0v) is 11.4. The fraction of sp³-hybridized carbons (Fsp3) is 0.600. The lowest BCUT2D eigenvalue weighted by Gasteiger charge is -2.21. The van der Waals surface area contributed by atoms with E-state index in [4.69, 9.17) is 0 Å². The molecular weight excluding hydrogens is 222 g/mol. The van der Waals surface area contributed by atoms with Gasteiger partial charge in [0.2, 0.25) is 0 Å². The Kier molecular flexibility index (Phi) is 4.88. The van der Waals surface area contributed by atoms with Crippen LogP contribution in [0.15, 0.2) is 24.0 Å². The minimum absolute atomic E-state index is 0.233. The van der Waals surface area contributed by atoms with Gasteiger partial charge in [-0.25, -0.2) is 0 Å². The third-order valence-corrected chi connectivity index (χ3v) is 3.58. The number of aromatic nitrogens is 2. The number of rotatable bonds is 3. The van der Waals surface area contributed by atoms with Crippen LogP contribution in [0.3, 0.4) is 0 Å². The maximum absolute atomic E-state index is 4.51. The Hall–Kier alpha value is -1.22. The van der Waals surface area contributed by atoms with E-state index in [9.17, 15) is 0 Å². The van der Waals surface area contributed by atoms with Gasteiger partial charge in [0, 0.05) is 6.20 Å². The number of likely N-dealkylation sites (N-methyl/N-ethyl adjacent to an activating group) is 1. The first-order valence-electron chi connectivity index (χ1n) is 6.96. The summed E-state index contributed by atoms with van der Waals surface area (Å²) >= 11 is 0. The lowest BCUT2D eigenvalue weighted by atomic mass is 9.93. The van der Waals surface area contributed by atoms with E-state index in [2.05, 4.69) is 21.4 Å². The predicted octanol–water partition coefficient (Wildman–Crippen LogP) is 3.33. The first-order chi connectivity index (χ1) is 8.81. The van der Waals surface area contributed by atoms with Crippen LogP contribution in [-0.2, 0) is 0 Å². The maximum atomic E-state index is 4.51. The topological polar surface area (TPSA) is 37.8 Å². The molecule has 3 nitrogen and oxygen atoms in total. The highest BCUT2D eigenvalue weighted by Crippen LogP contribution is 2.27. The molecule has 0 radical (unpaired) electrons. The first kappa shape index (κ1) is 13.2. The molecule has 1 unspecified atom stereocenters. The van der Waals surface area contributed by atoms with E-state index in [1.54, 1.807) is 0 Å². The largest absolute Gasteiger partial charge is 0.308 e. The average Bonchev–Trinajstić information content (AvgIpc) is 2.34. The van der Waals surface area contributed by atoms with Crippen molar-refractivity contribution in [1.82, 2.24) is 15.3 Å². The van der Waals surface area contributed by atoms with E-state index in [1.165, 1.54) is 44.1 Å². The average molecular weight is 245 g/mol. The summed E-state index contributed by atoms with van der Waals surface area (Å²) in [5, 5.41) is 3.38. The summed E-state index contributed by atoms with van der Waals surface area (Å²) in [5.74, 6) is 0. The molecule has 2 rings (SSSR count). The van der Waals surface area contributed by atoms with Crippen molar-refractivity contribution >= 4 is 0 Å². The number of hydrogen-bond donors (Lipinski definition) is 1. The third-order valence-electron chi connectivity index (χ3n) is 3.58. The molecule has 18 heavy (non-hydrogen) atoms. The van der Waals surface area contributed by atoms with Gasteiger partial charge in [0.25, 0.3) is 0 Å². The Bertz CT molecular complexity index is 395. The molecule has 1 aromatic rings. The molecular formula is C15H23N3. The molecule has 0 amide bonds. The normalized spacial score (nSPS) is 18.7. The number of nitrogens with zero attached hydrogens (tertiary/aromatic N) is 2. The van der Waals surface area contributed by atoms with Crippen molar-refractivity contribution in [2.45, 2.75) is 51.5 Å². The summed E-state index contributed by atoms with van der Waals surface area (Å²) in [6, 6.07) is 0.233. The minimum Gasteiger partial charge on any atom is -0.308 e. The quantitative estimate of drug-likeness (QED) is 0.830. The summed E-state index contributed by atoms with van der Waals surface area (Å²) in [4.78, 5) is 8.87. The molecule has 0 aliphatic heterocycles. The Labute approximate surface area is 110 Å². The van der Waals surface area contributed by atoms with Crippen LogP contribution in [0.25, 0.3) is 0 Å². The zero-order valence-electron chi connectivity index (χ0n) is 11.4. The highest BCUT2D eigenvalue weighted by Gasteiger charge is 2.16. The SMILES string of the molecule is CNC(C1=CCCCCCC1)c1cnc(C)cn1. The summed E-state index contributed by atoms with van der Waals surface area (Å²) in [6.45, 7) is 1.97. The second-order valence-corrected chi connectivity index (χ2v) is 5.04. The fourth-order valence-corrected chi connectivity index (χ4v) is 2.55. The molecule has 1 heterocycles. The van der Waals surface area contributed by atoms with E-state index in [0.717, 1.165) is 11.4 Å². The van der Waals surface area contributed by atoms with Crippen molar-refractivity contribution in [3.63, 3.8) is 0 Å². The van der Waals surface area contributed by atoms with Crippen molar-refractivity contribution in [1.29, 1.82) is 0 Å². The van der Waals surface area contributed by atoms with Crippen LogP contribution in [0.2, 0.25) is 0 Å². The van der Waals surface area contributed by atoms with Gasteiger partial charge in [0.1, 0.15) is 0 Å². The van der Waals surface area contributed by atoms with Crippen LogP contribution in [0, 0.1) is 6.92 Å². The first-order valence-corrected chi connectivity index (χ1v) is 6.96. The van der Waals surface area contributed by atoms with E-state index >= 15 is 0 Å². The number of aryl methyl sites for hydroxylation is 1. The van der Waals surface area contributed by atoms with Crippen LogP contribution >= 0.6 is 0 Å². The maximum Gasteiger partial charge on any atom is 0.0798 e. The molecule has 1 N–H and O–H groups in total. The summed E-state index contributed by atoms with van der Waals surface area (Å²) in [6.07, 6.45) is 13.9. The smallest absolute Gasteiger partial charge is 0.0798 e. The molecule has 0 saturated heterocycles. The van der Waals surface area contributed by atoms with Crippen LogP contribution in [0.4, 0.5) is 0 Å². The number of allylic oxidation sites excluding steroid dienone is 1. The van der Waals surface area contributed by atoms with Gasteiger partial charge in [0.15, 0.2) is 0 Å². The molecule has 0 fully saturated rings. The van der Waals surface area contributed by atoms with Gasteiger partial charge < -0.3 is 5.32 Å². The molecule has 3 heteroatoms. The van der Waals surface area contributed by atoms with Crippen LogP contribution in [-0.4, -0.2) is 17.0 Å². The molecule has 98 valence electrons. The van der Waals surface area contributed by atoms with Gasteiger partial charge >= 0.3 is 0 Å². The molecule has 1 aromatic heterocycles. The Morgan fingerprint density at radius 2 is 1.94 bits per heavy atom. The molecule has 1 aliphatic rings. The molecule has 0 saturated carbocycles. The molecule has 0 aromatic carbocycles. The monoisotopic (exact) mass is 245 g/mol. The molecule has 1 atom stereocenters. The van der Waals surface area contributed by atoms with E-state index in [-0.39, 0.29) is 6.04 Å². The van der Waals surface area contributed by atoms with Gasteiger partial charge in [-0.15, -0.1) is 0 Å². The van der Waals surface area contributed by atoms with Crippen LogP contribution < -0.4 is 5.32 Å². The summed E-state index contributed by atoms with van der Waals surface area (Å²) in [7, 11) is 2.01. The van der Waals surface area contributed by atoms with Crippen molar-refractivity contribution in [3.05, 3.63) is 35.4 Å². The third kappa shape index (κ3) is 3.39. The zero-order chi connectivity index (χ0) is 12.8. The summed E-state index contributed by atoms with van der Waals surface area (Å²) < 4.78 is 0. The van der Waals surface area contributed by atoms with E-state index in [1.807, 2.05) is 26.4 Å². The van der Waals surface area contributed by atoms with Gasteiger partial charge in [0.05, 0.1) is 23.6 Å². The lowest BCUT2D eigenvalue weighted by molar-refractivity contribution is 0.565. The van der Waals surface area contributed by atoms with Gasteiger partial charge in [-0.1, -0.05) is 24.5 Å².